The normalized spacial score (nSPS) is 11.7. The Labute approximate surface area is 113 Å². The van der Waals surface area contributed by atoms with E-state index in [1.165, 1.54) is 0 Å². The van der Waals surface area contributed by atoms with Crippen LogP contribution in [0.3, 0.4) is 0 Å². The number of amides is 2. The van der Waals surface area contributed by atoms with Gasteiger partial charge < -0.3 is 15.3 Å². The van der Waals surface area contributed by atoms with Crippen molar-refractivity contribution in [3.05, 3.63) is 35.9 Å². The van der Waals surface area contributed by atoms with Gasteiger partial charge in [0.1, 0.15) is 0 Å². The van der Waals surface area contributed by atoms with Crippen molar-refractivity contribution in [1.29, 1.82) is 0 Å². The number of carbonyl (C=O) groups is 2. The molecule has 0 aromatic heterocycles. The van der Waals surface area contributed by atoms with Gasteiger partial charge in [0.15, 0.2) is 0 Å². The van der Waals surface area contributed by atoms with Crippen molar-refractivity contribution in [1.82, 2.24) is 10.2 Å². The Balaban J connectivity index is 2.66. The molecule has 5 nitrogen and oxygen atoms in total. The Morgan fingerprint density at radius 1 is 1.21 bits per heavy atom. The topological polar surface area (TPSA) is 69.6 Å². The average Bonchev–Trinajstić information content (AvgIpc) is 2.41. The molecule has 1 atom stereocenters. The van der Waals surface area contributed by atoms with Crippen molar-refractivity contribution in [3.8, 4) is 0 Å². The molecule has 0 saturated heterocycles. The number of carboxylic acids is 1. The number of hydrogen-bond acceptors (Lipinski definition) is 2. The van der Waals surface area contributed by atoms with Crippen LogP contribution < -0.4 is 5.32 Å². The van der Waals surface area contributed by atoms with E-state index in [2.05, 4.69) is 5.32 Å². The Morgan fingerprint density at radius 3 is 2.26 bits per heavy atom. The molecule has 2 N–H and O–H groups in total. The van der Waals surface area contributed by atoms with Gasteiger partial charge in [0.25, 0.3) is 0 Å². The van der Waals surface area contributed by atoms with Gasteiger partial charge >= 0.3 is 12.0 Å². The number of carboxylic acid groups (broad SMARTS) is 1. The third kappa shape index (κ3) is 4.28. The van der Waals surface area contributed by atoms with E-state index in [1.54, 1.807) is 29.2 Å². The largest absolute Gasteiger partial charge is 0.481 e. The second kappa shape index (κ2) is 7.41. The van der Waals surface area contributed by atoms with Gasteiger partial charge in [0.2, 0.25) is 0 Å². The molecule has 0 fully saturated rings. The number of urea groups is 1. The zero-order chi connectivity index (χ0) is 14.3. The number of aliphatic carboxylic acids is 1. The van der Waals surface area contributed by atoms with Gasteiger partial charge in [0, 0.05) is 19.6 Å². The molecule has 0 aliphatic rings. The van der Waals surface area contributed by atoms with Crippen LogP contribution in [0, 0.1) is 0 Å². The maximum Gasteiger partial charge on any atom is 0.317 e. The minimum absolute atomic E-state index is 0.0919. The minimum atomic E-state index is -0.939. The SMILES string of the molecule is CCN(CC)C(=O)NCC(C(=O)O)c1ccccc1. The van der Waals surface area contributed by atoms with Gasteiger partial charge in [-0.2, -0.15) is 0 Å². The molecule has 0 saturated carbocycles. The molecule has 1 aromatic carbocycles. The second-order valence-corrected chi connectivity index (χ2v) is 4.16. The van der Waals surface area contributed by atoms with Crippen LogP contribution in [-0.2, 0) is 4.79 Å². The molecule has 0 bridgehead atoms. The highest BCUT2D eigenvalue weighted by Crippen LogP contribution is 2.14. The lowest BCUT2D eigenvalue weighted by Gasteiger charge is -2.21. The van der Waals surface area contributed by atoms with Crippen LogP contribution in [-0.4, -0.2) is 41.6 Å². The molecule has 0 spiro atoms. The highest BCUT2D eigenvalue weighted by atomic mass is 16.4. The second-order valence-electron chi connectivity index (χ2n) is 4.16. The summed E-state index contributed by atoms with van der Waals surface area (Å²) in [5.41, 5.74) is 0.690. The van der Waals surface area contributed by atoms with Crippen LogP contribution in [0.15, 0.2) is 30.3 Å². The predicted octanol–water partition coefficient (Wildman–Crippen LogP) is 1.91. The lowest BCUT2D eigenvalue weighted by Crippen LogP contribution is -2.42. The zero-order valence-corrected chi connectivity index (χ0v) is 11.3. The molecule has 19 heavy (non-hydrogen) atoms. The Hall–Kier alpha value is -2.04. The number of nitrogens with one attached hydrogen (secondary N) is 1. The summed E-state index contributed by atoms with van der Waals surface area (Å²) in [6, 6.07) is 8.68. The molecule has 1 rings (SSSR count). The quantitative estimate of drug-likeness (QED) is 0.824. The van der Waals surface area contributed by atoms with E-state index in [9.17, 15) is 14.7 Å². The summed E-state index contributed by atoms with van der Waals surface area (Å²) in [5.74, 6) is -1.66. The molecule has 0 heterocycles. The molecule has 0 aliphatic heterocycles. The fourth-order valence-electron chi connectivity index (χ4n) is 1.85. The number of benzene rings is 1. The van der Waals surface area contributed by atoms with E-state index in [4.69, 9.17) is 0 Å². The third-order valence-electron chi connectivity index (χ3n) is 3.01. The fourth-order valence-corrected chi connectivity index (χ4v) is 1.85. The summed E-state index contributed by atoms with van der Waals surface area (Å²) in [6.45, 7) is 5.06. The maximum absolute atomic E-state index is 11.8. The summed E-state index contributed by atoms with van der Waals surface area (Å²) in [5, 5.41) is 11.9. The highest BCUT2D eigenvalue weighted by Gasteiger charge is 2.21. The van der Waals surface area contributed by atoms with Crippen molar-refractivity contribution in [2.45, 2.75) is 19.8 Å². The molecular formula is C14H20N2O3. The van der Waals surface area contributed by atoms with Crippen molar-refractivity contribution in [2.75, 3.05) is 19.6 Å². The Kier molecular flexibility index (Phi) is 5.85. The number of hydrogen-bond donors (Lipinski definition) is 2. The summed E-state index contributed by atoms with van der Waals surface area (Å²) >= 11 is 0. The minimum Gasteiger partial charge on any atom is -0.481 e. The number of carbonyl (C=O) groups excluding carboxylic acids is 1. The van der Waals surface area contributed by atoms with E-state index >= 15 is 0 Å². The van der Waals surface area contributed by atoms with Gasteiger partial charge in [-0.25, -0.2) is 4.79 Å². The molecule has 2 amide bonds. The van der Waals surface area contributed by atoms with Gasteiger partial charge in [-0.15, -0.1) is 0 Å². The lowest BCUT2D eigenvalue weighted by molar-refractivity contribution is -0.138. The van der Waals surface area contributed by atoms with Gasteiger partial charge in [-0.3, -0.25) is 4.79 Å². The first-order valence-corrected chi connectivity index (χ1v) is 6.40. The standard InChI is InChI=1S/C14H20N2O3/c1-3-16(4-2)14(19)15-10-12(13(17)18)11-8-6-5-7-9-11/h5-9,12H,3-4,10H2,1-2H3,(H,15,19)(H,17,18). The molecule has 1 aromatic rings. The molecule has 1 unspecified atom stereocenters. The smallest absolute Gasteiger partial charge is 0.317 e. The molecular weight excluding hydrogens is 244 g/mol. The van der Waals surface area contributed by atoms with E-state index in [0.29, 0.717) is 18.7 Å². The van der Waals surface area contributed by atoms with Gasteiger partial charge in [-0.1, -0.05) is 30.3 Å². The van der Waals surface area contributed by atoms with Gasteiger partial charge in [-0.05, 0) is 19.4 Å². The molecule has 0 radical (unpaired) electrons. The molecule has 0 aliphatic carbocycles. The average molecular weight is 264 g/mol. The fraction of sp³-hybridized carbons (Fsp3) is 0.429. The van der Waals surface area contributed by atoms with Crippen LogP contribution in [0.1, 0.15) is 25.3 Å². The van der Waals surface area contributed by atoms with E-state index < -0.39 is 11.9 Å². The Bertz CT molecular complexity index is 416. The zero-order valence-electron chi connectivity index (χ0n) is 11.3. The number of nitrogens with zero attached hydrogens (tertiary/aromatic N) is 1. The van der Waals surface area contributed by atoms with E-state index in [1.807, 2.05) is 19.9 Å². The third-order valence-corrected chi connectivity index (χ3v) is 3.01. The predicted molar refractivity (Wildman–Crippen MR) is 73.1 cm³/mol. The highest BCUT2D eigenvalue weighted by molar-refractivity contribution is 5.79. The first-order valence-electron chi connectivity index (χ1n) is 6.40. The van der Waals surface area contributed by atoms with Crippen LogP contribution >= 0.6 is 0 Å². The lowest BCUT2D eigenvalue weighted by atomic mass is 9.99. The summed E-state index contributed by atoms with van der Waals surface area (Å²) in [7, 11) is 0. The van der Waals surface area contributed by atoms with Gasteiger partial charge in [0.05, 0.1) is 5.92 Å². The summed E-state index contributed by atoms with van der Waals surface area (Å²) in [6.07, 6.45) is 0. The maximum atomic E-state index is 11.8. The van der Waals surface area contributed by atoms with Crippen LogP contribution in [0.4, 0.5) is 4.79 Å². The monoisotopic (exact) mass is 264 g/mol. The summed E-state index contributed by atoms with van der Waals surface area (Å²) in [4.78, 5) is 24.7. The van der Waals surface area contributed by atoms with E-state index in [-0.39, 0.29) is 12.6 Å². The number of rotatable bonds is 6. The van der Waals surface area contributed by atoms with Crippen molar-refractivity contribution < 1.29 is 14.7 Å². The van der Waals surface area contributed by atoms with Crippen LogP contribution in [0.25, 0.3) is 0 Å². The van der Waals surface area contributed by atoms with E-state index in [0.717, 1.165) is 0 Å². The first kappa shape index (κ1) is 15.0. The molecule has 104 valence electrons. The van der Waals surface area contributed by atoms with Crippen molar-refractivity contribution in [2.24, 2.45) is 0 Å². The first-order chi connectivity index (χ1) is 9.10. The van der Waals surface area contributed by atoms with Crippen molar-refractivity contribution in [3.63, 3.8) is 0 Å². The van der Waals surface area contributed by atoms with Crippen LogP contribution in [0.2, 0.25) is 0 Å². The Morgan fingerprint density at radius 2 is 1.79 bits per heavy atom. The van der Waals surface area contributed by atoms with Crippen molar-refractivity contribution >= 4 is 12.0 Å². The van der Waals surface area contributed by atoms with Crippen LogP contribution in [0.5, 0.6) is 0 Å². The summed E-state index contributed by atoms with van der Waals surface area (Å²) < 4.78 is 0. The molecule has 5 heteroatoms.